The Morgan fingerprint density at radius 3 is 2.58 bits per heavy atom. The third-order valence-electron chi connectivity index (χ3n) is 5.83. The Hall–Kier alpha value is -1.14. The lowest BCUT2D eigenvalue weighted by atomic mass is 9.90. The maximum Gasteiger partial charge on any atom is 0.308 e. The standard InChI is InChI=1S/C20H32O6/c1-13(20(22)25-12-15-4-5-17-18(10-15)26-17)3-6-19(21)24-11-16-7-8-23-14(2)9-16/h13-18H,3-12H2,1-2H3. The molecule has 3 aliphatic rings. The van der Waals surface area contributed by atoms with Crippen LogP contribution in [-0.4, -0.2) is 50.1 Å². The fourth-order valence-corrected chi connectivity index (χ4v) is 3.96. The molecule has 0 radical (unpaired) electrons. The Morgan fingerprint density at radius 2 is 1.81 bits per heavy atom. The molecule has 1 aliphatic carbocycles. The summed E-state index contributed by atoms with van der Waals surface area (Å²) in [5, 5.41) is 0. The summed E-state index contributed by atoms with van der Waals surface area (Å²) in [5.41, 5.74) is 0. The van der Waals surface area contributed by atoms with Crippen molar-refractivity contribution >= 4 is 11.9 Å². The second-order valence-corrected chi connectivity index (χ2v) is 8.22. The predicted molar refractivity (Wildman–Crippen MR) is 94.5 cm³/mol. The predicted octanol–water partition coefficient (Wildman–Crippen LogP) is 2.87. The monoisotopic (exact) mass is 368 g/mol. The highest BCUT2D eigenvalue weighted by Gasteiger charge is 2.44. The summed E-state index contributed by atoms with van der Waals surface area (Å²) in [5.74, 6) is 0.0828. The van der Waals surface area contributed by atoms with E-state index in [9.17, 15) is 9.59 Å². The molecular weight excluding hydrogens is 336 g/mol. The largest absolute Gasteiger partial charge is 0.465 e. The van der Waals surface area contributed by atoms with E-state index in [0.717, 1.165) is 38.7 Å². The normalized spacial score (nSPS) is 34.5. The van der Waals surface area contributed by atoms with Crippen LogP contribution >= 0.6 is 0 Å². The Balaban J connectivity index is 1.25. The van der Waals surface area contributed by atoms with E-state index in [2.05, 4.69) is 0 Å². The van der Waals surface area contributed by atoms with E-state index in [1.54, 1.807) is 0 Å². The van der Waals surface area contributed by atoms with Crippen LogP contribution < -0.4 is 0 Å². The quantitative estimate of drug-likeness (QED) is 0.484. The van der Waals surface area contributed by atoms with Crippen LogP contribution in [0.4, 0.5) is 0 Å². The average molecular weight is 368 g/mol. The van der Waals surface area contributed by atoms with Gasteiger partial charge in [-0.1, -0.05) is 6.92 Å². The third kappa shape index (κ3) is 5.95. The van der Waals surface area contributed by atoms with E-state index in [1.165, 1.54) is 0 Å². The lowest BCUT2D eigenvalue weighted by Gasteiger charge is -2.26. The van der Waals surface area contributed by atoms with Crippen molar-refractivity contribution in [3.8, 4) is 0 Å². The molecule has 0 aromatic rings. The van der Waals surface area contributed by atoms with Crippen LogP contribution in [0.5, 0.6) is 0 Å². The highest BCUT2D eigenvalue weighted by Crippen LogP contribution is 2.39. The van der Waals surface area contributed by atoms with Gasteiger partial charge in [0.1, 0.15) is 0 Å². The van der Waals surface area contributed by atoms with Crippen LogP contribution in [0.2, 0.25) is 0 Å². The van der Waals surface area contributed by atoms with Gasteiger partial charge in [-0.15, -0.1) is 0 Å². The summed E-state index contributed by atoms with van der Waals surface area (Å²) in [6.45, 7) is 5.53. The van der Waals surface area contributed by atoms with E-state index in [4.69, 9.17) is 18.9 Å². The number of carbonyl (C=O) groups excluding carboxylic acids is 2. The number of hydrogen-bond acceptors (Lipinski definition) is 6. The van der Waals surface area contributed by atoms with Gasteiger partial charge in [0.2, 0.25) is 0 Å². The van der Waals surface area contributed by atoms with E-state index < -0.39 is 0 Å². The van der Waals surface area contributed by atoms with Gasteiger partial charge < -0.3 is 18.9 Å². The molecule has 2 aliphatic heterocycles. The first-order valence-electron chi connectivity index (χ1n) is 10.1. The van der Waals surface area contributed by atoms with Crippen LogP contribution in [0, 0.1) is 17.8 Å². The molecule has 3 fully saturated rings. The molecule has 2 heterocycles. The van der Waals surface area contributed by atoms with Crippen molar-refractivity contribution in [2.24, 2.45) is 17.8 Å². The van der Waals surface area contributed by atoms with Gasteiger partial charge in [0, 0.05) is 13.0 Å². The maximum atomic E-state index is 12.1. The fraction of sp³-hybridized carbons (Fsp3) is 0.900. The molecule has 0 spiro atoms. The molecule has 26 heavy (non-hydrogen) atoms. The SMILES string of the molecule is CC1CC(COC(=O)CCC(C)C(=O)OCC2CCC3OC3C2)CCO1. The van der Waals surface area contributed by atoms with Crippen molar-refractivity contribution in [2.75, 3.05) is 19.8 Å². The first-order chi connectivity index (χ1) is 12.5. The van der Waals surface area contributed by atoms with Gasteiger partial charge in [0.05, 0.1) is 37.4 Å². The smallest absolute Gasteiger partial charge is 0.308 e. The summed E-state index contributed by atoms with van der Waals surface area (Å²) >= 11 is 0. The van der Waals surface area contributed by atoms with Crippen molar-refractivity contribution < 1.29 is 28.5 Å². The molecule has 6 nitrogen and oxygen atoms in total. The van der Waals surface area contributed by atoms with Crippen molar-refractivity contribution in [3.63, 3.8) is 0 Å². The lowest BCUT2D eigenvalue weighted by Crippen LogP contribution is -2.27. The van der Waals surface area contributed by atoms with Gasteiger partial charge in [-0.05, 0) is 57.3 Å². The Labute approximate surface area is 155 Å². The molecule has 1 saturated carbocycles. The molecule has 6 heteroatoms. The zero-order valence-electron chi connectivity index (χ0n) is 16.0. The van der Waals surface area contributed by atoms with Crippen LogP contribution in [0.1, 0.15) is 58.8 Å². The third-order valence-corrected chi connectivity index (χ3v) is 5.83. The summed E-state index contributed by atoms with van der Waals surface area (Å²) in [6.07, 6.45) is 6.87. The Kier molecular flexibility index (Phi) is 6.92. The van der Waals surface area contributed by atoms with Gasteiger partial charge in [-0.3, -0.25) is 9.59 Å². The van der Waals surface area contributed by atoms with Crippen LogP contribution in [0.25, 0.3) is 0 Å². The minimum Gasteiger partial charge on any atom is -0.465 e. The number of epoxide rings is 1. The lowest BCUT2D eigenvalue weighted by molar-refractivity contribution is -0.151. The van der Waals surface area contributed by atoms with Crippen molar-refractivity contribution in [3.05, 3.63) is 0 Å². The molecule has 6 unspecified atom stereocenters. The molecule has 0 amide bonds. The minimum absolute atomic E-state index is 0.213. The molecule has 2 saturated heterocycles. The summed E-state index contributed by atoms with van der Waals surface area (Å²) in [7, 11) is 0. The van der Waals surface area contributed by atoms with E-state index in [0.29, 0.717) is 43.7 Å². The van der Waals surface area contributed by atoms with Gasteiger partial charge in [0.25, 0.3) is 0 Å². The first kappa shape index (κ1) is 19.6. The molecule has 148 valence electrons. The fourth-order valence-electron chi connectivity index (χ4n) is 3.96. The highest BCUT2D eigenvalue weighted by atomic mass is 16.6. The molecule has 6 atom stereocenters. The Bertz CT molecular complexity index is 493. The number of esters is 2. The van der Waals surface area contributed by atoms with Crippen molar-refractivity contribution in [2.45, 2.75) is 77.1 Å². The van der Waals surface area contributed by atoms with Crippen molar-refractivity contribution in [1.29, 1.82) is 0 Å². The van der Waals surface area contributed by atoms with Crippen LogP contribution in [-0.2, 0) is 28.5 Å². The number of hydrogen-bond donors (Lipinski definition) is 0. The second kappa shape index (κ2) is 9.18. The molecule has 3 rings (SSSR count). The molecule has 0 N–H and O–H groups in total. The minimum atomic E-state index is -0.279. The number of fused-ring (bicyclic) bond motifs is 1. The van der Waals surface area contributed by atoms with Gasteiger partial charge in [-0.25, -0.2) is 0 Å². The average Bonchev–Trinajstić information content (AvgIpc) is 3.41. The topological polar surface area (TPSA) is 74.4 Å². The highest BCUT2D eigenvalue weighted by molar-refractivity contribution is 5.74. The van der Waals surface area contributed by atoms with Crippen molar-refractivity contribution in [1.82, 2.24) is 0 Å². The van der Waals surface area contributed by atoms with Crippen LogP contribution in [0.15, 0.2) is 0 Å². The van der Waals surface area contributed by atoms with E-state index >= 15 is 0 Å². The number of rotatable bonds is 8. The summed E-state index contributed by atoms with van der Waals surface area (Å²) in [4.78, 5) is 24.0. The number of carbonyl (C=O) groups is 2. The van der Waals surface area contributed by atoms with Gasteiger partial charge >= 0.3 is 11.9 Å². The van der Waals surface area contributed by atoms with Gasteiger partial charge in [0.15, 0.2) is 0 Å². The number of ether oxygens (including phenoxy) is 4. The maximum absolute atomic E-state index is 12.1. The zero-order valence-corrected chi connectivity index (χ0v) is 16.0. The molecule has 0 aromatic heterocycles. The van der Waals surface area contributed by atoms with E-state index in [-0.39, 0.29) is 30.4 Å². The summed E-state index contributed by atoms with van der Waals surface area (Å²) in [6, 6.07) is 0. The van der Waals surface area contributed by atoms with E-state index in [1.807, 2.05) is 13.8 Å². The molecular formula is C20H32O6. The molecule has 0 bridgehead atoms. The second-order valence-electron chi connectivity index (χ2n) is 8.22. The zero-order chi connectivity index (χ0) is 18.5. The summed E-state index contributed by atoms with van der Waals surface area (Å²) < 4.78 is 21.8. The molecule has 0 aromatic carbocycles. The first-order valence-corrected chi connectivity index (χ1v) is 10.1. The Morgan fingerprint density at radius 1 is 1.04 bits per heavy atom. The van der Waals surface area contributed by atoms with Crippen LogP contribution in [0.3, 0.4) is 0 Å². The van der Waals surface area contributed by atoms with Gasteiger partial charge in [-0.2, -0.15) is 0 Å².